The fraction of sp³-hybridized carbons (Fsp3) is 0.450. The molecule has 1 saturated heterocycles. The second-order valence-electron chi connectivity index (χ2n) is 7.08. The van der Waals surface area contributed by atoms with E-state index in [4.69, 9.17) is 0 Å². The van der Waals surface area contributed by atoms with Crippen LogP contribution < -0.4 is 0 Å². The van der Waals surface area contributed by atoms with Gasteiger partial charge in [0.15, 0.2) is 5.65 Å². The van der Waals surface area contributed by atoms with Crippen LogP contribution in [0, 0.1) is 20.8 Å². The van der Waals surface area contributed by atoms with Gasteiger partial charge >= 0.3 is 0 Å². The summed E-state index contributed by atoms with van der Waals surface area (Å²) in [7, 11) is 0. The van der Waals surface area contributed by atoms with E-state index in [1.807, 2.05) is 24.4 Å². The summed E-state index contributed by atoms with van der Waals surface area (Å²) in [6, 6.07) is 6.47. The molecule has 0 saturated carbocycles. The van der Waals surface area contributed by atoms with E-state index >= 15 is 0 Å². The smallest absolute Gasteiger partial charge is 0.223 e. The van der Waals surface area contributed by atoms with Crippen molar-refractivity contribution in [3.63, 3.8) is 0 Å². The van der Waals surface area contributed by atoms with E-state index in [0.29, 0.717) is 12.8 Å². The molecule has 3 aromatic rings. The predicted octanol–water partition coefficient (Wildman–Crippen LogP) is 4.01. The molecule has 4 rings (SSSR count). The number of carbonyl (C=O) groups is 1. The van der Waals surface area contributed by atoms with Crippen LogP contribution in [0.25, 0.3) is 5.65 Å². The van der Waals surface area contributed by atoms with E-state index < -0.39 is 0 Å². The van der Waals surface area contributed by atoms with Crippen molar-refractivity contribution < 1.29 is 4.79 Å². The lowest BCUT2D eigenvalue weighted by Crippen LogP contribution is -2.30. The summed E-state index contributed by atoms with van der Waals surface area (Å²) < 4.78 is 1.90. The minimum atomic E-state index is 0.247. The third-order valence-corrected chi connectivity index (χ3v) is 6.29. The first-order valence-corrected chi connectivity index (χ1v) is 10.1. The van der Waals surface area contributed by atoms with E-state index in [2.05, 4.69) is 39.4 Å². The van der Waals surface area contributed by atoms with Crippen LogP contribution in [0.5, 0.6) is 0 Å². The molecular weight excluding hydrogens is 344 g/mol. The van der Waals surface area contributed by atoms with Crippen LogP contribution >= 0.6 is 11.3 Å². The molecule has 0 unspecified atom stereocenters. The molecule has 1 atom stereocenters. The summed E-state index contributed by atoms with van der Waals surface area (Å²) in [4.78, 5) is 20.9. The van der Waals surface area contributed by atoms with Gasteiger partial charge in [0.2, 0.25) is 5.91 Å². The summed E-state index contributed by atoms with van der Waals surface area (Å²) in [5, 5.41) is 6.62. The molecule has 5 nitrogen and oxygen atoms in total. The molecule has 0 radical (unpaired) electrons. The Morgan fingerprint density at radius 3 is 2.96 bits per heavy atom. The highest BCUT2D eigenvalue weighted by Crippen LogP contribution is 2.35. The van der Waals surface area contributed by atoms with E-state index in [1.165, 1.54) is 4.88 Å². The standard InChI is InChI=1S/C20H24N4OS/c1-13-12-19-21-14(2)16(15(3)24(19)22-13)8-9-20(25)23-10-4-6-17(23)18-7-5-11-26-18/h5,7,11-12,17H,4,6,8-10H2,1-3H3/t17-/m0/s1. The Balaban J connectivity index is 1.52. The van der Waals surface area contributed by atoms with Gasteiger partial charge in [-0.05, 0) is 57.0 Å². The van der Waals surface area contributed by atoms with Crippen molar-refractivity contribution >= 4 is 22.9 Å². The van der Waals surface area contributed by atoms with Gasteiger partial charge in [-0.3, -0.25) is 4.79 Å². The number of hydrogen-bond acceptors (Lipinski definition) is 4. The zero-order valence-electron chi connectivity index (χ0n) is 15.5. The first kappa shape index (κ1) is 17.2. The number of fused-ring (bicyclic) bond motifs is 1. The molecule has 0 bridgehead atoms. The minimum absolute atomic E-state index is 0.247. The van der Waals surface area contributed by atoms with Crippen LogP contribution in [0.15, 0.2) is 23.6 Å². The maximum Gasteiger partial charge on any atom is 0.223 e. The monoisotopic (exact) mass is 368 g/mol. The number of hydrogen-bond donors (Lipinski definition) is 0. The fourth-order valence-corrected chi connectivity index (χ4v) is 4.89. The molecule has 1 aliphatic rings. The topological polar surface area (TPSA) is 50.5 Å². The van der Waals surface area contributed by atoms with Crippen LogP contribution in [0.1, 0.15) is 52.8 Å². The number of nitrogens with zero attached hydrogens (tertiary/aromatic N) is 4. The van der Waals surface area contributed by atoms with Gasteiger partial charge in [0.05, 0.1) is 11.7 Å². The van der Waals surface area contributed by atoms with Crippen LogP contribution in [0.3, 0.4) is 0 Å². The SMILES string of the molecule is Cc1cc2nc(C)c(CCC(=O)N3CCC[C@H]3c3cccs3)c(C)n2n1. The molecule has 1 aliphatic heterocycles. The van der Waals surface area contributed by atoms with Crippen molar-refractivity contribution in [1.29, 1.82) is 0 Å². The van der Waals surface area contributed by atoms with Gasteiger partial charge in [-0.25, -0.2) is 9.50 Å². The summed E-state index contributed by atoms with van der Waals surface area (Å²) >= 11 is 1.75. The minimum Gasteiger partial charge on any atom is -0.335 e. The highest BCUT2D eigenvalue weighted by molar-refractivity contribution is 7.10. The summed E-state index contributed by atoms with van der Waals surface area (Å²) in [5.41, 5.74) is 5.07. The first-order valence-electron chi connectivity index (χ1n) is 9.20. The zero-order chi connectivity index (χ0) is 18.3. The lowest BCUT2D eigenvalue weighted by molar-refractivity contribution is -0.132. The van der Waals surface area contributed by atoms with Crippen molar-refractivity contribution in [2.45, 2.75) is 52.5 Å². The van der Waals surface area contributed by atoms with Crippen LogP contribution in [-0.4, -0.2) is 31.9 Å². The lowest BCUT2D eigenvalue weighted by Gasteiger charge is -2.24. The van der Waals surface area contributed by atoms with Crippen molar-refractivity contribution in [1.82, 2.24) is 19.5 Å². The number of aryl methyl sites for hydroxylation is 3. The van der Waals surface area contributed by atoms with E-state index in [1.54, 1.807) is 11.3 Å². The lowest BCUT2D eigenvalue weighted by atomic mass is 10.1. The molecule has 136 valence electrons. The highest BCUT2D eigenvalue weighted by atomic mass is 32.1. The average Bonchev–Trinajstić information content (AvgIpc) is 3.33. The van der Waals surface area contributed by atoms with E-state index in [9.17, 15) is 4.79 Å². The van der Waals surface area contributed by atoms with Crippen molar-refractivity contribution in [2.24, 2.45) is 0 Å². The highest BCUT2D eigenvalue weighted by Gasteiger charge is 2.30. The number of rotatable bonds is 4. The van der Waals surface area contributed by atoms with Gasteiger partial charge in [0, 0.05) is 35.3 Å². The van der Waals surface area contributed by atoms with Gasteiger partial charge < -0.3 is 4.90 Å². The van der Waals surface area contributed by atoms with E-state index in [0.717, 1.165) is 47.7 Å². The maximum absolute atomic E-state index is 12.9. The summed E-state index contributed by atoms with van der Waals surface area (Å²) in [6.07, 6.45) is 3.40. The van der Waals surface area contributed by atoms with Gasteiger partial charge in [-0.15, -0.1) is 11.3 Å². The number of amides is 1. The second kappa shape index (κ2) is 6.83. The van der Waals surface area contributed by atoms with Crippen molar-refractivity contribution in [3.8, 4) is 0 Å². The third kappa shape index (κ3) is 3.03. The molecule has 1 fully saturated rings. The van der Waals surface area contributed by atoms with E-state index in [-0.39, 0.29) is 11.9 Å². The Morgan fingerprint density at radius 2 is 2.19 bits per heavy atom. The number of likely N-dealkylation sites (tertiary alicyclic amines) is 1. The maximum atomic E-state index is 12.9. The zero-order valence-corrected chi connectivity index (χ0v) is 16.3. The van der Waals surface area contributed by atoms with Gasteiger partial charge in [-0.1, -0.05) is 6.07 Å². The molecule has 4 heterocycles. The molecule has 0 spiro atoms. The first-order chi connectivity index (χ1) is 12.5. The molecule has 0 N–H and O–H groups in total. The molecule has 3 aromatic heterocycles. The predicted molar refractivity (Wildman–Crippen MR) is 104 cm³/mol. The normalized spacial score (nSPS) is 17.3. The van der Waals surface area contributed by atoms with Gasteiger partial charge in [0.1, 0.15) is 0 Å². The Labute approximate surface area is 157 Å². The van der Waals surface area contributed by atoms with Crippen LogP contribution in [-0.2, 0) is 11.2 Å². The Kier molecular flexibility index (Phi) is 4.53. The van der Waals surface area contributed by atoms with Crippen molar-refractivity contribution in [2.75, 3.05) is 6.54 Å². The van der Waals surface area contributed by atoms with Crippen molar-refractivity contribution in [3.05, 3.63) is 51.1 Å². The molecule has 6 heteroatoms. The number of thiophene rings is 1. The van der Waals surface area contributed by atoms with Crippen LogP contribution in [0.4, 0.5) is 0 Å². The molecular formula is C20H24N4OS. The largest absolute Gasteiger partial charge is 0.335 e. The Bertz CT molecular complexity index is 945. The van der Waals surface area contributed by atoms with Gasteiger partial charge in [-0.2, -0.15) is 5.10 Å². The molecule has 1 amide bonds. The van der Waals surface area contributed by atoms with Crippen LogP contribution in [0.2, 0.25) is 0 Å². The molecule has 0 aromatic carbocycles. The quantitative estimate of drug-likeness (QED) is 0.699. The second-order valence-corrected chi connectivity index (χ2v) is 8.06. The Morgan fingerprint density at radius 1 is 1.35 bits per heavy atom. The fourth-order valence-electron chi connectivity index (χ4n) is 4.02. The average molecular weight is 369 g/mol. The number of carbonyl (C=O) groups excluding carboxylic acids is 1. The summed E-state index contributed by atoms with van der Waals surface area (Å²) in [6.45, 7) is 6.94. The molecule has 0 aliphatic carbocycles. The number of aromatic nitrogens is 3. The Hall–Kier alpha value is -2.21. The molecule has 26 heavy (non-hydrogen) atoms. The summed E-state index contributed by atoms with van der Waals surface area (Å²) in [5.74, 6) is 0.247. The third-order valence-electron chi connectivity index (χ3n) is 5.32. The van der Waals surface area contributed by atoms with Gasteiger partial charge in [0.25, 0.3) is 0 Å².